The highest BCUT2D eigenvalue weighted by atomic mass is 32.2. The molecule has 0 aliphatic heterocycles. The Morgan fingerprint density at radius 2 is 2.00 bits per heavy atom. The largest absolute Gasteiger partial charge is 0.391 e. The molecule has 0 spiro atoms. The van der Waals surface area contributed by atoms with E-state index in [-0.39, 0.29) is 16.9 Å². The number of nitrogens with one attached hydrogen (secondary N) is 1. The molecule has 0 bridgehead atoms. The van der Waals surface area contributed by atoms with Crippen molar-refractivity contribution < 1.29 is 13.5 Å². The first-order valence-corrected chi connectivity index (χ1v) is 7.71. The van der Waals surface area contributed by atoms with Crippen molar-refractivity contribution in [2.24, 2.45) is 5.41 Å². The molecule has 0 saturated heterocycles. The molecule has 0 fully saturated rings. The Balaban J connectivity index is 3.01. The summed E-state index contributed by atoms with van der Waals surface area (Å²) in [4.78, 5) is 0.721. The van der Waals surface area contributed by atoms with Gasteiger partial charge in [0.1, 0.15) is 4.90 Å². The topological polar surface area (TPSA) is 66.4 Å². The molecule has 4 nitrogen and oxygen atoms in total. The van der Waals surface area contributed by atoms with Crippen LogP contribution in [-0.2, 0) is 16.6 Å². The minimum Gasteiger partial charge on any atom is -0.391 e. The van der Waals surface area contributed by atoms with E-state index in [1.165, 1.54) is 11.3 Å². The summed E-state index contributed by atoms with van der Waals surface area (Å²) in [7, 11) is -3.52. The van der Waals surface area contributed by atoms with Crippen LogP contribution < -0.4 is 4.72 Å². The maximum Gasteiger partial charge on any atom is 0.242 e. The molecule has 17 heavy (non-hydrogen) atoms. The molecule has 0 amide bonds. The fraction of sp³-hybridized carbons (Fsp3) is 0.636. The number of sulfonamides is 1. The lowest BCUT2D eigenvalue weighted by atomic mass is 9.98. The first kappa shape index (κ1) is 14.6. The van der Waals surface area contributed by atoms with Crippen LogP contribution in [0.1, 0.15) is 31.2 Å². The van der Waals surface area contributed by atoms with Gasteiger partial charge in [-0.05, 0) is 23.3 Å². The Hall–Kier alpha value is -0.430. The van der Waals surface area contributed by atoms with Gasteiger partial charge in [0.05, 0.1) is 11.5 Å². The summed E-state index contributed by atoms with van der Waals surface area (Å²) in [5.74, 6) is 0. The van der Waals surface area contributed by atoms with Gasteiger partial charge in [-0.3, -0.25) is 0 Å². The van der Waals surface area contributed by atoms with Crippen LogP contribution in [0.2, 0.25) is 0 Å². The van der Waals surface area contributed by atoms with Crippen molar-refractivity contribution in [3.8, 4) is 0 Å². The highest BCUT2D eigenvalue weighted by molar-refractivity contribution is 7.89. The van der Waals surface area contributed by atoms with Crippen LogP contribution >= 0.6 is 11.3 Å². The zero-order valence-corrected chi connectivity index (χ0v) is 12.2. The maximum atomic E-state index is 12.1. The number of hydrogen-bond donors (Lipinski definition) is 2. The average Bonchev–Trinajstić information content (AvgIpc) is 2.56. The molecule has 0 aromatic carbocycles. The van der Waals surface area contributed by atoms with Crippen molar-refractivity contribution in [3.05, 3.63) is 15.8 Å². The Morgan fingerprint density at radius 1 is 1.41 bits per heavy atom. The number of thiophene rings is 1. The lowest BCUT2D eigenvalue weighted by molar-refractivity contribution is 0.282. The predicted molar refractivity (Wildman–Crippen MR) is 69.6 cm³/mol. The summed E-state index contributed by atoms with van der Waals surface area (Å²) in [5, 5.41) is 10.9. The molecule has 1 heterocycles. The minimum atomic E-state index is -3.52. The van der Waals surface area contributed by atoms with Crippen LogP contribution in [0.3, 0.4) is 0 Å². The first-order chi connectivity index (χ1) is 7.67. The summed E-state index contributed by atoms with van der Waals surface area (Å²) in [5.41, 5.74) is 0.566. The molecule has 0 radical (unpaired) electrons. The summed E-state index contributed by atoms with van der Waals surface area (Å²) in [6.45, 7) is 7.75. The van der Waals surface area contributed by atoms with E-state index in [4.69, 9.17) is 5.11 Å². The van der Waals surface area contributed by atoms with Crippen molar-refractivity contribution in [1.82, 2.24) is 4.72 Å². The van der Waals surface area contributed by atoms with Gasteiger partial charge in [-0.15, -0.1) is 11.3 Å². The average molecular weight is 277 g/mol. The van der Waals surface area contributed by atoms with E-state index >= 15 is 0 Å². The third kappa shape index (κ3) is 3.77. The summed E-state index contributed by atoms with van der Waals surface area (Å²) in [6.07, 6.45) is 0. The second-order valence-electron chi connectivity index (χ2n) is 5.21. The third-order valence-electron chi connectivity index (χ3n) is 2.19. The first-order valence-electron chi connectivity index (χ1n) is 5.35. The molecule has 6 heteroatoms. The lowest BCUT2D eigenvalue weighted by Gasteiger charge is -2.19. The van der Waals surface area contributed by atoms with E-state index < -0.39 is 10.0 Å². The molecule has 0 saturated carbocycles. The van der Waals surface area contributed by atoms with Crippen molar-refractivity contribution >= 4 is 21.4 Å². The van der Waals surface area contributed by atoms with Crippen molar-refractivity contribution in [2.45, 2.75) is 39.2 Å². The molecular formula is C11H19NO3S2. The summed E-state index contributed by atoms with van der Waals surface area (Å²) in [6, 6.07) is 0. The van der Waals surface area contributed by atoms with Crippen molar-refractivity contribution in [3.63, 3.8) is 0 Å². The second kappa shape index (κ2) is 5.06. The van der Waals surface area contributed by atoms with E-state index in [1.54, 1.807) is 12.3 Å². The third-order valence-corrected chi connectivity index (χ3v) is 5.04. The molecule has 1 aromatic rings. The molecule has 0 atom stereocenters. The maximum absolute atomic E-state index is 12.1. The highest BCUT2D eigenvalue weighted by Gasteiger charge is 2.24. The van der Waals surface area contributed by atoms with Crippen LogP contribution in [-0.4, -0.2) is 20.1 Å². The number of aliphatic hydroxyl groups excluding tert-OH is 1. The smallest absolute Gasteiger partial charge is 0.242 e. The molecule has 1 aromatic heterocycles. The van der Waals surface area contributed by atoms with Gasteiger partial charge in [0.15, 0.2) is 0 Å². The normalized spacial score (nSPS) is 13.0. The molecule has 0 aliphatic rings. The molecule has 2 N–H and O–H groups in total. The van der Waals surface area contributed by atoms with Crippen LogP contribution in [0.5, 0.6) is 0 Å². The monoisotopic (exact) mass is 277 g/mol. The summed E-state index contributed by atoms with van der Waals surface area (Å²) >= 11 is 1.27. The van der Waals surface area contributed by atoms with Gasteiger partial charge in [0.2, 0.25) is 10.0 Å². The minimum absolute atomic E-state index is 0.115. The fourth-order valence-corrected chi connectivity index (χ4v) is 4.28. The number of aryl methyl sites for hydroxylation is 1. The predicted octanol–water partition coefficient (Wildman–Crippen LogP) is 1.87. The Bertz CT molecular complexity index is 483. The zero-order chi connectivity index (χ0) is 13.3. The quantitative estimate of drug-likeness (QED) is 0.883. The number of rotatable bonds is 4. The Kier molecular flexibility index (Phi) is 4.35. The molecule has 0 aliphatic carbocycles. The van der Waals surface area contributed by atoms with Gasteiger partial charge in [0, 0.05) is 6.54 Å². The standard InChI is InChI=1S/C11H19NO3S2/c1-8-6-16-9(5-13)10(8)17(14,15)12-7-11(2,3)4/h6,12-13H,5,7H2,1-4H3. The Morgan fingerprint density at radius 3 is 2.47 bits per heavy atom. The van der Waals surface area contributed by atoms with E-state index in [1.807, 2.05) is 20.8 Å². The second-order valence-corrected chi connectivity index (χ2v) is 7.88. The van der Waals surface area contributed by atoms with Crippen LogP contribution in [0.25, 0.3) is 0 Å². The Labute approximate surface area is 107 Å². The van der Waals surface area contributed by atoms with E-state index in [0.29, 0.717) is 17.0 Å². The molecule has 1 rings (SSSR count). The fourth-order valence-electron chi connectivity index (χ4n) is 1.34. The van der Waals surface area contributed by atoms with Crippen LogP contribution in [0.4, 0.5) is 0 Å². The highest BCUT2D eigenvalue weighted by Crippen LogP contribution is 2.27. The van der Waals surface area contributed by atoms with Gasteiger partial charge >= 0.3 is 0 Å². The van der Waals surface area contributed by atoms with Crippen molar-refractivity contribution in [1.29, 1.82) is 0 Å². The SMILES string of the molecule is Cc1csc(CO)c1S(=O)(=O)NCC(C)(C)C. The van der Waals surface area contributed by atoms with Crippen molar-refractivity contribution in [2.75, 3.05) is 6.54 Å². The zero-order valence-electron chi connectivity index (χ0n) is 10.6. The number of aliphatic hydroxyl groups is 1. The van der Waals surface area contributed by atoms with E-state index in [2.05, 4.69) is 4.72 Å². The van der Waals surface area contributed by atoms with Gasteiger partial charge in [-0.2, -0.15) is 0 Å². The van der Waals surface area contributed by atoms with E-state index in [9.17, 15) is 8.42 Å². The van der Waals surface area contributed by atoms with Gasteiger partial charge in [-0.1, -0.05) is 20.8 Å². The number of hydrogen-bond acceptors (Lipinski definition) is 4. The molecule has 0 unspecified atom stereocenters. The van der Waals surface area contributed by atoms with Gasteiger partial charge in [-0.25, -0.2) is 13.1 Å². The molecular weight excluding hydrogens is 258 g/mol. The molecule has 98 valence electrons. The van der Waals surface area contributed by atoms with Gasteiger partial charge in [0.25, 0.3) is 0 Å². The summed E-state index contributed by atoms with van der Waals surface area (Å²) < 4.78 is 26.8. The van der Waals surface area contributed by atoms with Crippen LogP contribution in [0.15, 0.2) is 10.3 Å². The van der Waals surface area contributed by atoms with Crippen LogP contribution in [0, 0.1) is 12.3 Å². The lowest BCUT2D eigenvalue weighted by Crippen LogP contribution is -2.32. The van der Waals surface area contributed by atoms with E-state index in [0.717, 1.165) is 0 Å². The van der Waals surface area contributed by atoms with Gasteiger partial charge < -0.3 is 5.11 Å².